The molecule has 1 aliphatic heterocycles. The summed E-state index contributed by atoms with van der Waals surface area (Å²) in [5, 5.41) is 8.91. The number of carbonyl (C=O) groups is 1. The van der Waals surface area contributed by atoms with Gasteiger partial charge in [0.15, 0.2) is 0 Å². The van der Waals surface area contributed by atoms with Gasteiger partial charge in [-0.15, -0.1) is 0 Å². The zero-order valence-electron chi connectivity index (χ0n) is 7.74. The van der Waals surface area contributed by atoms with Crippen LogP contribution in [0.4, 0.5) is 0 Å². The second kappa shape index (κ2) is 3.21. The molecule has 0 fully saturated rings. The number of methoxy groups -OCH3 is 1. The van der Waals surface area contributed by atoms with Crippen molar-refractivity contribution in [2.75, 3.05) is 13.7 Å². The molecule has 0 saturated carbocycles. The summed E-state index contributed by atoms with van der Waals surface area (Å²) in [6.45, 7) is 0.613. The summed E-state index contributed by atoms with van der Waals surface area (Å²) < 4.78 is 10.3. The summed E-state index contributed by atoms with van der Waals surface area (Å²) in [4.78, 5) is 10.9. The average Bonchev–Trinajstić information content (AvgIpc) is 2.62. The Labute approximate surface area is 81.1 Å². The summed E-state index contributed by atoms with van der Waals surface area (Å²) in [6, 6.07) is 3.25. The molecule has 1 N–H and O–H groups in total. The van der Waals surface area contributed by atoms with Crippen LogP contribution >= 0.6 is 0 Å². The molecule has 0 spiro atoms. The molecule has 0 aromatic heterocycles. The molecule has 0 amide bonds. The smallest absolute Gasteiger partial charge is 0.339 e. The lowest BCUT2D eigenvalue weighted by molar-refractivity contribution is 0.0693. The van der Waals surface area contributed by atoms with Crippen LogP contribution in [0.5, 0.6) is 11.5 Å². The van der Waals surface area contributed by atoms with Crippen LogP contribution in [0.15, 0.2) is 12.1 Å². The third-order valence-corrected chi connectivity index (χ3v) is 2.24. The van der Waals surface area contributed by atoms with Gasteiger partial charge in [-0.3, -0.25) is 0 Å². The summed E-state index contributed by atoms with van der Waals surface area (Å²) in [7, 11) is 1.45. The number of hydrogen-bond donors (Lipinski definition) is 1. The second-order valence-electron chi connectivity index (χ2n) is 3.06. The molecule has 4 heteroatoms. The first-order chi connectivity index (χ1) is 6.72. The second-order valence-corrected chi connectivity index (χ2v) is 3.06. The quantitative estimate of drug-likeness (QED) is 0.771. The lowest BCUT2D eigenvalue weighted by atomic mass is 10.1. The van der Waals surface area contributed by atoms with Gasteiger partial charge in [-0.2, -0.15) is 0 Å². The van der Waals surface area contributed by atoms with Gasteiger partial charge in [0.2, 0.25) is 0 Å². The zero-order chi connectivity index (χ0) is 10.1. The zero-order valence-corrected chi connectivity index (χ0v) is 7.74. The van der Waals surface area contributed by atoms with Gasteiger partial charge in [0.25, 0.3) is 0 Å². The Kier molecular flexibility index (Phi) is 2.04. The fourth-order valence-corrected chi connectivity index (χ4v) is 1.54. The number of carboxylic acids is 1. The van der Waals surface area contributed by atoms with E-state index in [4.69, 9.17) is 14.6 Å². The Balaban J connectivity index is 2.54. The Morgan fingerprint density at radius 3 is 3.00 bits per heavy atom. The maximum atomic E-state index is 10.9. The minimum atomic E-state index is -0.975. The van der Waals surface area contributed by atoms with E-state index in [1.807, 2.05) is 0 Å². The highest BCUT2D eigenvalue weighted by Crippen LogP contribution is 2.32. The highest BCUT2D eigenvalue weighted by atomic mass is 16.5. The van der Waals surface area contributed by atoms with E-state index in [2.05, 4.69) is 0 Å². The van der Waals surface area contributed by atoms with Crippen molar-refractivity contribution in [2.24, 2.45) is 0 Å². The predicted molar refractivity (Wildman–Crippen MR) is 49.2 cm³/mol. The minimum Gasteiger partial charge on any atom is -0.496 e. The van der Waals surface area contributed by atoms with Crippen LogP contribution in [-0.4, -0.2) is 24.8 Å². The number of hydrogen-bond acceptors (Lipinski definition) is 3. The normalized spacial score (nSPS) is 13.2. The van der Waals surface area contributed by atoms with E-state index in [1.54, 1.807) is 12.1 Å². The van der Waals surface area contributed by atoms with Gasteiger partial charge in [-0.25, -0.2) is 4.79 Å². The van der Waals surface area contributed by atoms with Crippen LogP contribution in [0.3, 0.4) is 0 Å². The first-order valence-electron chi connectivity index (χ1n) is 4.29. The molecule has 0 bridgehead atoms. The fraction of sp³-hybridized carbons (Fsp3) is 0.300. The Morgan fingerprint density at radius 1 is 1.57 bits per heavy atom. The predicted octanol–water partition coefficient (Wildman–Crippen LogP) is 1.33. The molecule has 1 heterocycles. The van der Waals surface area contributed by atoms with Crippen molar-refractivity contribution in [3.05, 3.63) is 23.3 Å². The number of rotatable bonds is 2. The highest BCUT2D eigenvalue weighted by Gasteiger charge is 2.19. The number of ether oxygens (including phenoxy) is 2. The molecule has 0 saturated heterocycles. The topological polar surface area (TPSA) is 55.8 Å². The molecule has 14 heavy (non-hydrogen) atoms. The van der Waals surface area contributed by atoms with E-state index >= 15 is 0 Å². The van der Waals surface area contributed by atoms with E-state index in [-0.39, 0.29) is 5.56 Å². The van der Waals surface area contributed by atoms with Crippen LogP contribution in [-0.2, 0) is 6.42 Å². The van der Waals surface area contributed by atoms with Crippen molar-refractivity contribution in [2.45, 2.75) is 6.42 Å². The molecule has 1 aliphatic rings. The molecular formula is C10H10O4. The standard InChI is InChI=1S/C10H10O4/c1-13-9-5-8-6(2-3-14-8)4-7(9)10(11)12/h4-5H,2-3H2,1H3,(H,11,12). The van der Waals surface area contributed by atoms with Crippen molar-refractivity contribution < 1.29 is 19.4 Å². The van der Waals surface area contributed by atoms with E-state index in [0.717, 1.165) is 17.7 Å². The maximum Gasteiger partial charge on any atom is 0.339 e. The van der Waals surface area contributed by atoms with E-state index < -0.39 is 5.97 Å². The van der Waals surface area contributed by atoms with Crippen molar-refractivity contribution >= 4 is 5.97 Å². The molecule has 1 aromatic carbocycles. The third-order valence-electron chi connectivity index (χ3n) is 2.24. The summed E-state index contributed by atoms with van der Waals surface area (Å²) >= 11 is 0. The lowest BCUT2D eigenvalue weighted by Crippen LogP contribution is -2.01. The SMILES string of the molecule is COc1cc2c(cc1C(=O)O)CCO2. The molecule has 1 aromatic rings. The summed E-state index contributed by atoms with van der Waals surface area (Å²) in [5.74, 6) is 0.0987. The highest BCUT2D eigenvalue weighted by molar-refractivity contribution is 5.91. The van der Waals surface area contributed by atoms with Gasteiger partial charge in [0, 0.05) is 12.5 Å². The van der Waals surface area contributed by atoms with E-state index in [9.17, 15) is 4.79 Å². The molecule has 2 rings (SSSR count). The van der Waals surface area contributed by atoms with Gasteiger partial charge >= 0.3 is 5.97 Å². The van der Waals surface area contributed by atoms with E-state index in [0.29, 0.717) is 12.4 Å². The fourth-order valence-electron chi connectivity index (χ4n) is 1.54. The molecule has 4 nitrogen and oxygen atoms in total. The molecule has 74 valence electrons. The van der Waals surface area contributed by atoms with Crippen molar-refractivity contribution in [1.82, 2.24) is 0 Å². The number of benzene rings is 1. The van der Waals surface area contributed by atoms with Crippen LogP contribution in [0, 0.1) is 0 Å². The average molecular weight is 194 g/mol. The largest absolute Gasteiger partial charge is 0.496 e. The Bertz CT molecular complexity index is 384. The first kappa shape index (κ1) is 8.87. The lowest BCUT2D eigenvalue weighted by Gasteiger charge is -2.07. The summed E-state index contributed by atoms with van der Waals surface area (Å²) in [6.07, 6.45) is 0.763. The van der Waals surface area contributed by atoms with Crippen molar-refractivity contribution in [3.8, 4) is 11.5 Å². The third kappa shape index (κ3) is 1.28. The Hall–Kier alpha value is -1.71. The Morgan fingerprint density at radius 2 is 2.36 bits per heavy atom. The van der Waals surface area contributed by atoms with Crippen LogP contribution in [0.25, 0.3) is 0 Å². The van der Waals surface area contributed by atoms with Crippen LogP contribution in [0.2, 0.25) is 0 Å². The number of carboxylic acid groups (broad SMARTS) is 1. The van der Waals surface area contributed by atoms with Gasteiger partial charge in [-0.1, -0.05) is 0 Å². The molecular weight excluding hydrogens is 184 g/mol. The molecule has 0 radical (unpaired) electrons. The minimum absolute atomic E-state index is 0.191. The monoisotopic (exact) mass is 194 g/mol. The molecule has 0 atom stereocenters. The maximum absolute atomic E-state index is 10.9. The number of aromatic carboxylic acids is 1. The number of fused-ring (bicyclic) bond motifs is 1. The molecule has 0 aliphatic carbocycles. The van der Waals surface area contributed by atoms with Gasteiger partial charge < -0.3 is 14.6 Å². The van der Waals surface area contributed by atoms with Crippen molar-refractivity contribution in [1.29, 1.82) is 0 Å². The van der Waals surface area contributed by atoms with Crippen LogP contribution in [0.1, 0.15) is 15.9 Å². The van der Waals surface area contributed by atoms with Gasteiger partial charge in [-0.05, 0) is 11.6 Å². The van der Waals surface area contributed by atoms with Gasteiger partial charge in [0.1, 0.15) is 17.1 Å². The van der Waals surface area contributed by atoms with E-state index in [1.165, 1.54) is 7.11 Å². The van der Waals surface area contributed by atoms with Gasteiger partial charge in [0.05, 0.1) is 13.7 Å². The summed E-state index contributed by atoms with van der Waals surface area (Å²) in [5.41, 5.74) is 1.12. The molecule has 0 unspecified atom stereocenters. The first-order valence-corrected chi connectivity index (χ1v) is 4.29. The van der Waals surface area contributed by atoms with Crippen molar-refractivity contribution in [3.63, 3.8) is 0 Å². The van der Waals surface area contributed by atoms with Crippen LogP contribution < -0.4 is 9.47 Å².